The summed E-state index contributed by atoms with van der Waals surface area (Å²) in [4.78, 5) is 4.08. The molecule has 1 rings (SSSR count). The predicted molar refractivity (Wildman–Crippen MR) is 49.0 cm³/mol. The Morgan fingerprint density at radius 2 is 2.42 bits per heavy atom. The molecule has 0 amide bonds. The van der Waals surface area contributed by atoms with E-state index in [0.29, 0.717) is 19.0 Å². The Balaban J connectivity index is 2.28. The van der Waals surface area contributed by atoms with Gasteiger partial charge in [-0.05, 0) is 13.8 Å². The van der Waals surface area contributed by atoms with Crippen LogP contribution in [0, 0.1) is 0 Å². The van der Waals surface area contributed by atoms with E-state index < -0.39 is 5.79 Å². The quantitative estimate of drug-likeness (QED) is 0.500. The lowest BCUT2D eigenvalue weighted by molar-refractivity contribution is -0.130. The zero-order chi connectivity index (χ0) is 9.03. The van der Waals surface area contributed by atoms with Crippen molar-refractivity contribution in [3.8, 4) is 0 Å². The van der Waals surface area contributed by atoms with Crippen LogP contribution in [0.3, 0.4) is 0 Å². The molecule has 0 aromatic carbocycles. The third-order valence-corrected chi connectivity index (χ3v) is 1.68. The van der Waals surface area contributed by atoms with Crippen LogP contribution in [-0.2, 0) is 9.47 Å². The van der Waals surface area contributed by atoms with Crippen molar-refractivity contribution in [2.75, 3.05) is 19.0 Å². The van der Waals surface area contributed by atoms with Crippen molar-refractivity contribution in [2.24, 2.45) is 4.99 Å². The third kappa shape index (κ3) is 3.09. The summed E-state index contributed by atoms with van der Waals surface area (Å²) in [6.45, 7) is 5.01. The summed E-state index contributed by atoms with van der Waals surface area (Å²) in [5, 5.41) is 0. The molecule has 1 unspecified atom stereocenters. The number of rotatable bonds is 3. The van der Waals surface area contributed by atoms with E-state index in [1.807, 2.05) is 13.8 Å². The monoisotopic (exact) mass is 191 g/mol. The minimum Gasteiger partial charge on any atom is -0.347 e. The molecule has 0 aromatic rings. The van der Waals surface area contributed by atoms with Gasteiger partial charge in [0.25, 0.3) is 0 Å². The first-order chi connectivity index (χ1) is 5.64. The Morgan fingerprint density at radius 3 is 2.92 bits per heavy atom. The highest BCUT2D eigenvalue weighted by Gasteiger charge is 2.31. The summed E-state index contributed by atoms with van der Waals surface area (Å²) in [6.07, 6.45) is 1.75. The van der Waals surface area contributed by atoms with Crippen molar-refractivity contribution in [1.82, 2.24) is 0 Å². The van der Waals surface area contributed by atoms with Crippen molar-refractivity contribution in [2.45, 2.75) is 25.7 Å². The van der Waals surface area contributed by atoms with Crippen LogP contribution in [0.15, 0.2) is 4.99 Å². The van der Waals surface area contributed by atoms with Gasteiger partial charge < -0.3 is 9.47 Å². The molecule has 0 spiro atoms. The maximum Gasteiger partial charge on any atom is 0.163 e. The Kier molecular flexibility index (Phi) is 3.50. The summed E-state index contributed by atoms with van der Waals surface area (Å²) in [7, 11) is 0. The third-order valence-electron chi connectivity index (χ3n) is 1.52. The molecule has 1 saturated heterocycles. The van der Waals surface area contributed by atoms with Crippen molar-refractivity contribution in [3.05, 3.63) is 0 Å². The fourth-order valence-corrected chi connectivity index (χ4v) is 1.13. The molecule has 1 atom stereocenters. The fraction of sp³-hybridized carbons (Fsp3) is 0.875. The van der Waals surface area contributed by atoms with Crippen LogP contribution in [0.2, 0.25) is 0 Å². The van der Waals surface area contributed by atoms with Crippen LogP contribution < -0.4 is 0 Å². The Labute approximate surface area is 77.7 Å². The van der Waals surface area contributed by atoms with E-state index in [4.69, 9.17) is 21.1 Å². The molecule has 0 aromatic heterocycles. The number of nitrogens with zero attached hydrogens (tertiary/aromatic N) is 1. The van der Waals surface area contributed by atoms with E-state index in [2.05, 4.69) is 4.99 Å². The summed E-state index contributed by atoms with van der Waals surface area (Å²) < 4.78 is 10.8. The van der Waals surface area contributed by atoms with Crippen LogP contribution >= 0.6 is 11.6 Å². The molecule has 3 nitrogen and oxygen atoms in total. The minimum absolute atomic E-state index is 0.0109. The lowest BCUT2D eigenvalue weighted by Gasteiger charge is -2.15. The van der Waals surface area contributed by atoms with Gasteiger partial charge in [-0.25, -0.2) is 0 Å². The molecule has 70 valence electrons. The number of halogens is 1. The van der Waals surface area contributed by atoms with Crippen molar-refractivity contribution >= 4 is 17.8 Å². The van der Waals surface area contributed by atoms with E-state index in [-0.39, 0.29) is 6.10 Å². The zero-order valence-corrected chi connectivity index (χ0v) is 8.17. The highest BCUT2D eigenvalue weighted by Crippen LogP contribution is 2.20. The van der Waals surface area contributed by atoms with E-state index in [1.165, 1.54) is 0 Å². The smallest absolute Gasteiger partial charge is 0.163 e. The number of hydrogen-bond donors (Lipinski definition) is 0. The van der Waals surface area contributed by atoms with Gasteiger partial charge in [-0.15, -0.1) is 11.6 Å². The first-order valence-corrected chi connectivity index (χ1v) is 4.55. The number of hydrogen-bond acceptors (Lipinski definition) is 3. The highest BCUT2D eigenvalue weighted by atomic mass is 35.5. The maximum atomic E-state index is 5.48. The van der Waals surface area contributed by atoms with Gasteiger partial charge in [0.2, 0.25) is 0 Å². The molecular weight excluding hydrogens is 178 g/mol. The normalized spacial score (nSPS) is 28.4. The fourth-order valence-electron chi connectivity index (χ4n) is 1.03. The van der Waals surface area contributed by atoms with Crippen LogP contribution in [0.1, 0.15) is 13.8 Å². The summed E-state index contributed by atoms with van der Waals surface area (Å²) >= 11 is 5.46. The van der Waals surface area contributed by atoms with Crippen LogP contribution in [0.4, 0.5) is 0 Å². The van der Waals surface area contributed by atoms with Crippen LogP contribution in [0.25, 0.3) is 0 Å². The van der Waals surface area contributed by atoms with Crippen molar-refractivity contribution < 1.29 is 9.47 Å². The summed E-state index contributed by atoms with van der Waals surface area (Å²) in [6, 6.07) is 0. The van der Waals surface area contributed by atoms with Crippen molar-refractivity contribution in [1.29, 1.82) is 0 Å². The van der Waals surface area contributed by atoms with Gasteiger partial charge in [0.05, 0.1) is 13.2 Å². The summed E-state index contributed by atoms with van der Waals surface area (Å²) in [5.74, 6) is 0.0884. The van der Waals surface area contributed by atoms with Crippen LogP contribution in [0.5, 0.6) is 0 Å². The second-order valence-corrected chi connectivity index (χ2v) is 3.49. The highest BCUT2D eigenvalue weighted by molar-refractivity contribution is 6.18. The van der Waals surface area contributed by atoms with Gasteiger partial charge in [-0.1, -0.05) is 0 Å². The van der Waals surface area contributed by atoms with Crippen LogP contribution in [-0.4, -0.2) is 37.1 Å². The van der Waals surface area contributed by atoms with E-state index in [1.54, 1.807) is 6.21 Å². The minimum atomic E-state index is -0.461. The molecule has 0 radical (unpaired) electrons. The first-order valence-electron chi connectivity index (χ1n) is 4.02. The lowest BCUT2D eigenvalue weighted by atomic mass is 10.4. The van der Waals surface area contributed by atoms with Gasteiger partial charge in [0.15, 0.2) is 5.79 Å². The molecule has 12 heavy (non-hydrogen) atoms. The Bertz CT molecular complexity index is 170. The average Bonchev–Trinajstić information content (AvgIpc) is 2.31. The molecule has 1 heterocycles. The topological polar surface area (TPSA) is 30.8 Å². The molecule has 4 heteroatoms. The van der Waals surface area contributed by atoms with Gasteiger partial charge in [-0.2, -0.15) is 0 Å². The largest absolute Gasteiger partial charge is 0.347 e. The van der Waals surface area contributed by atoms with Gasteiger partial charge in [-0.3, -0.25) is 4.99 Å². The predicted octanol–water partition coefficient (Wildman–Crippen LogP) is 1.45. The summed E-state index contributed by atoms with van der Waals surface area (Å²) in [5.41, 5.74) is 0. The first kappa shape index (κ1) is 9.96. The Morgan fingerprint density at radius 1 is 1.67 bits per heavy atom. The second-order valence-electron chi connectivity index (χ2n) is 3.11. The van der Waals surface area contributed by atoms with Gasteiger partial charge in [0.1, 0.15) is 6.10 Å². The molecule has 1 fully saturated rings. The average molecular weight is 192 g/mol. The number of ether oxygens (including phenoxy) is 2. The number of aliphatic imine (C=N–C) groups is 1. The molecule has 1 aliphatic rings. The van der Waals surface area contributed by atoms with Gasteiger partial charge >= 0.3 is 0 Å². The standard InChI is InChI=1S/C8H14ClNO2/c1-8(2)11-6-7(12-8)5-10-4-3-9/h5,7H,3-4,6H2,1-2H3. The maximum absolute atomic E-state index is 5.48. The van der Waals surface area contributed by atoms with Gasteiger partial charge in [0, 0.05) is 12.1 Å². The van der Waals surface area contributed by atoms with E-state index >= 15 is 0 Å². The second kappa shape index (κ2) is 4.21. The lowest BCUT2D eigenvalue weighted by Crippen LogP contribution is -2.22. The molecular formula is C8H14ClNO2. The molecule has 0 bridgehead atoms. The molecule has 1 aliphatic heterocycles. The number of alkyl halides is 1. The van der Waals surface area contributed by atoms with Crippen molar-refractivity contribution in [3.63, 3.8) is 0 Å². The molecule has 0 aliphatic carbocycles. The molecule has 0 N–H and O–H groups in total. The van der Waals surface area contributed by atoms with E-state index in [0.717, 1.165) is 0 Å². The zero-order valence-electron chi connectivity index (χ0n) is 7.42. The molecule has 0 saturated carbocycles. The Hall–Kier alpha value is -0.120. The SMILES string of the molecule is CC1(C)OCC(C=NCCCl)O1. The van der Waals surface area contributed by atoms with E-state index in [9.17, 15) is 0 Å².